The Balaban J connectivity index is 2.39. The molecule has 1 aromatic carbocycles. The van der Waals surface area contributed by atoms with E-state index in [9.17, 15) is 10.1 Å². The van der Waals surface area contributed by atoms with Crippen LogP contribution in [0.4, 0.5) is 0 Å². The summed E-state index contributed by atoms with van der Waals surface area (Å²) in [6.45, 7) is 1.45. The SMILES string of the molecule is CN1CCCC(c2ccccc2)([N+](=O)[O-])C1. The van der Waals surface area contributed by atoms with Crippen LogP contribution in [0.25, 0.3) is 0 Å². The lowest BCUT2D eigenvalue weighted by Crippen LogP contribution is -2.49. The van der Waals surface area contributed by atoms with E-state index in [1.54, 1.807) is 0 Å². The van der Waals surface area contributed by atoms with Gasteiger partial charge in [-0.25, -0.2) is 0 Å². The number of nitro groups is 1. The molecule has 0 aromatic heterocycles. The second-order valence-electron chi connectivity index (χ2n) is 4.50. The van der Waals surface area contributed by atoms with Gasteiger partial charge in [-0.3, -0.25) is 15.0 Å². The predicted octanol–water partition coefficient (Wildman–Crippen LogP) is 1.88. The second kappa shape index (κ2) is 4.22. The highest BCUT2D eigenvalue weighted by Crippen LogP contribution is 2.33. The van der Waals surface area contributed by atoms with Crippen molar-refractivity contribution in [3.05, 3.63) is 46.0 Å². The minimum atomic E-state index is -0.908. The maximum absolute atomic E-state index is 11.4. The molecule has 1 aliphatic heterocycles. The maximum atomic E-state index is 11.4. The van der Waals surface area contributed by atoms with Gasteiger partial charge in [0, 0.05) is 16.9 Å². The van der Waals surface area contributed by atoms with Crippen LogP contribution in [0.15, 0.2) is 30.3 Å². The number of piperidine rings is 1. The summed E-state index contributed by atoms with van der Waals surface area (Å²) in [5.74, 6) is 0. The third kappa shape index (κ3) is 1.80. The van der Waals surface area contributed by atoms with Crippen LogP contribution in [0.2, 0.25) is 0 Å². The summed E-state index contributed by atoms with van der Waals surface area (Å²) in [6.07, 6.45) is 1.51. The summed E-state index contributed by atoms with van der Waals surface area (Å²) in [4.78, 5) is 13.3. The van der Waals surface area contributed by atoms with Gasteiger partial charge in [0.05, 0.1) is 6.54 Å². The van der Waals surface area contributed by atoms with Gasteiger partial charge < -0.3 is 0 Å². The molecule has 1 unspecified atom stereocenters. The molecule has 4 nitrogen and oxygen atoms in total. The van der Waals surface area contributed by atoms with Crippen molar-refractivity contribution >= 4 is 0 Å². The molecule has 0 N–H and O–H groups in total. The first kappa shape index (κ1) is 11.1. The maximum Gasteiger partial charge on any atom is 0.259 e. The van der Waals surface area contributed by atoms with Gasteiger partial charge in [-0.05, 0) is 20.0 Å². The van der Waals surface area contributed by atoms with Crippen molar-refractivity contribution < 1.29 is 4.92 Å². The van der Waals surface area contributed by atoms with Crippen molar-refractivity contribution in [1.29, 1.82) is 0 Å². The zero-order valence-corrected chi connectivity index (χ0v) is 9.43. The van der Waals surface area contributed by atoms with Gasteiger partial charge in [-0.15, -0.1) is 0 Å². The molecule has 1 atom stereocenters. The lowest BCUT2D eigenvalue weighted by atomic mass is 9.83. The van der Waals surface area contributed by atoms with Crippen molar-refractivity contribution in [2.45, 2.75) is 18.4 Å². The molecule has 0 spiro atoms. The van der Waals surface area contributed by atoms with Gasteiger partial charge >= 0.3 is 0 Å². The van der Waals surface area contributed by atoms with Crippen LogP contribution in [0.5, 0.6) is 0 Å². The van der Waals surface area contributed by atoms with Crippen LogP contribution in [-0.4, -0.2) is 30.0 Å². The Morgan fingerprint density at radius 1 is 1.38 bits per heavy atom. The number of hydrogen-bond acceptors (Lipinski definition) is 3. The fourth-order valence-corrected chi connectivity index (χ4v) is 2.48. The highest BCUT2D eigenvalue weighted by molar-refractivity contribution is 5.23. The zero-order valence-electron chi connectivity index (χ0n) is 9.43. The second-order valence-corrected chi connectivity index (χ2v) is 4.50. The van der Waals surface area contributed by atoms with Gasteiger partial charge in [0.2, 0.25) is 0 Å². The molecule has 0 amide bonds. The van der Waals surface area contributed by atoms with E-state index in [1.807, 2.05) is 42.3 Å². The van der Waals surface area contributed by atoms with Gasteiger partial charge in [-0.2, -0.15) is 0 Å². The van der Waals surface area contributed by atoms with E-state index in [0.29, 0.717) is 13.0 Å². The Hall–Kier alpha value is -1.42. The molecule has 4 heteroatoms. The summed E-state index contributed by atoms with van der Waals surface area (Å²) < 4.78 is 0. The predicted molar refractivity (Wildman–Crippen MR) is 61.8 cm³/mol. The molecule has 0 radical (unpaired) electrons. The van der Waals surface area contributed by atoms with Crippen LogP contribution >= 0.6 is 0 Å². The van der Waals surface area contributed by atoms with Crippen molar-refractivity contribution in [3.63, 3.8) is 0 Å². The lowest BCUT2D eigenvalue weighted by molar-refractivity contribution is -0.584. The van der Waals surface area contributed by atoms with Crippen molar-refractivity contribution in [2.24, 2.45) is 0 Å². The molecule has 1 aliphatic rings. The normalized spacial score (nSPS) is 26.6. The first-order valence-electron chi connectivity index (χ1n) is 5.54. The fraction of sp³-hybridized carbons (Fsp3) is 0.500. The Bertz CT molecular complexity index is 380. The molecule has 1 fully saturated rings. The van der Waals surface area contributed by atoms with Gasteiger partial charge in [0.1, 0.15) is 0 Å². The van der Waals surface area contributed by atoms with E-state index in [-0.39, 0.29) is 4.92 Å². The molecular formula is C12H16N2O2. The largest absolute Gasteiger partial charge is 0.299 e. The first-order chi connectivity index (χ1) is 7.65. The topological polar surface area (TPSA) is 46.4 Å². The molecule has 1 aromatic rings. The highest BCUT2D eigenvalue weighted by atomic mass is 16.6. The Labute approximate surface area is 95.0 Å². The van der Waals surface area contributed by atoms with E-state index in [1.165, 1.54) is 0 Å². The number of likely N-dealkylation sites (tertiary alicyclic amines) is 1. The van der Waals surface area contributed by atoms with Crippen molar-refractivity contribution in [1.82, 2.24) is 4.90 Å². The Morgan fingerprint density at radius 2 is 2.06 bits per heavy atom. The fourth-order valence-electron chi connectivity index (χ4n) is 2.48. The molecule has 16 heavy (non-hydrogen) atoms. The summed E-state index contributed by atoms with van der Waals surface area (Å²) in [5, 5.41) is 11.4. The van der Waals surface area contributed by atoms with E-state index in [4.69, 9.17) is 0 Å². The summed E-state index contributed by atoms with van der Waals surface area (Å²) in [6, 6.07) is 9.36. The van der Waals surface area contributed by atoms with E-state index < -0.39 is 5.54 Å². The summed E-state index contributed by atoms with van der Waals surface area (Å²) in [7, 11) is 1.94. The molecule has 0 aliphatic carbocycles. The van der Waals surface area contributed by atoms with Crippen LogP contribution < -0.4 is 0 Å². The molecule has 0 bridgehead atoms. The van der Waals surface area contributed by atoms with Crippen LogP contribution in [0.1, 0.15) is 18.4 Å². The molecular weight excluding hydrogens is 204 g/mol. The minimum absolute atomic E-state index is 0.113. The van der Waals surface area contributed by atoms with Crippen LogP contribution in [0, 0.1) is 10.1 Å². The Kier molecular flexibility index (Phi) is 2.92. The number of rotatable bonds is 2. The van der Waals surface area contributed by atoms with E-state index >= 15 is 0 Å². The van der Waals surface area contributed by atoms with Gasteiger partial charge in [0.15, 0.2) is 0 Å². The van der Waals surface area contributed by atoms with Crippen LogP contribution in [0.3, 0.4) is 0 Å². The van der Waals surface area contributed by atoms with Crippen LogP contribution in [-0.2, 0) is 5.54 Å². The molecule has 2 rings (SSSR count). The third-order valence-corrected chi connectivity index (χ3v) is 3.32. The van der Waals surface area contributed by atoms with E-state index in [0.717, 1.165) is 18.5 Å². The Morgan fingerprint density at radius 3 is 2.62 bits per heavy atom. The summed E-state index contributed by atoms with van der Waals surface area (Å²) in [5.41, 5.74) is -0.0830. The van der Waals surface area contributed by atoms with Gasteiger partial charge in [-0.1, -0.05) is 30.3 Å². The molecule has 1 heterocycles. The summed E-state index contributed by atoms with van der Waals surface area (Å²) >= 11 is 0. The monoisotopic (exact) mass is 220 g/mol. The third-order valence-electron chi connectivity index (χ3n) is 3.32. The smallest absolute Gasteiger partial charge is 0.259 e. The van der Waals surface area contributed by atoms with Crippen molar-refractivity contribution in [2.75, 3.05) is 20.1 Å². The molecule has 1 saturated heterocycles. The number of nitrogens with zero attached hydrogens (tertiary/aromatic N) is 2. The number of likely N-dealkylation sites (N-methyl/N-ethyl adjacent to an activating group) is 1. The lowest BCUT2D eigenvalue weighted by Gasteiger charge is -2.34. The quantitative estimate of drug-likeness (QED) is 0.564. The first-order valence-corrected chi connectivity index (χ1v) is 5.54. The van der Waals surface area contributed by atoms with Crippen molar-refractivity contribution in [3.8, 4) is 0 Å². The number of hydrogen-bond donors (Lipinski definition) is 0. The average Bonchev–Trinajstić information content (AvgIpc) is 2.30. The zero-order chi connectivity index (χ0) is 11.6. The molecule has 86 valence electrons. The minimum Gasteiger partial charge on any atom is -0.299 e. The average molecular weight is 220 g/mol. The number of benzene rings is 1. The standard InChI is InChI=1S/C12H16N2O2/c1-13-9-5-8-12(10-13,14(15)16)11-6-3-2-4-7-11/h2-4,6-7H,5,8-10H2,1H3. The molecule has 0 saturated carbocycles. The van der Waals surface area contributed by atoms with Gasteiger partial charge in [0.25, 0.3) is 5.54 Å². The van der Waals surface area contributed by atoms with E-state index in [2.05, 4.69) is 0 Å². The highest BCUT2D eigenvalue weighted by Gasteiger charge is 2.47.